The molecule has 2 fully saturated rings. The van der Waals surface area contributed by atoms with Crippen LogP contribution in [0.2, 0.25) is 18.1 Å². The van der Waals surface area contributed by atoms with Gasteiger partial charge in [0, 0.05) is 18.3 Å². The average Bonchev–Trinajstić information content (AvgIpc) is 2.57. The third-order valence-electron chi connectivity index (χ3n) is 8.81. The van der Waals surface area contributed by atoms with E-state index in [1.54, 1.807) is 0 Å². The Bertz CT molecular complexity index is 799. The normalized spacial score (nSPS) is 35.3. The molecule has 3 aliphatic carbocycles. The van der Waals surface area contributed by atoms with E-state index >= 15 is 0 Å². The van der Waals surface area contributed by atoms with E-state index in [2.05, 4.69) is 66.1 Å². The molecule has 0 N–H and O–H groups in total. The Balaban J connectivity index is 2.11. The van der Waals surface area contributed by atoms with Crippen molar-refractivity contribution in [2.24, 2.45) is 22.2 Å². The molecule has 0 bridgehead atoms. The number of ketones is 2. The summed E-state index contributed by atoms with van der Waals surface area (Å²) in [5.74, 6) is 4.75. The van der Waals surface area contributed by atoms with Gasteiger partial charge >= 0.3 is 0 Å². The fraction of sp³-hybridized carbons (Fsp3) is 0.760. The number of hydrogen-bond donors (Lipinski definition) is 0. The molecule has 0 aromatic heterocycles. The Kier molecular flexibility index (Phi) is 4.95. The summed E-state index contributed by atoms with van der Waals surface area (Å²) in [6.45, 7) is 18.2. The monoisotopic (exact) mass is 398 g/mol. The van der Waals surface area contributed by atoms with Crippen molar-refractivity contribution >= 4 is 19.6 Å². The number of rotatable bonds is 0. The highest BCUT2D eigenvalue weighted by Crippen LogP contribution is 2.65. The van der Waals surface area contributed by atoms with Crippen molar-refractivity contribution < 1.29 is 9.59 Å². The van der Waals surface area contributed by atoms with E-state index in [-0.39, 0.29) is 27.1 Å². The van der Waals surface area contributed by atoms with Crippen molar-refractivity contribution in [2.45, 2.75) is 98.2 Å². The summed E-state index contributed by atoms with van der Waals surface area (Å²) in [7, 11) is -1.72. The van der Waals surface area contributed by atoms with Gasteiger partial charge in [0.05, 0.1) is 5.41 Å². The smallest absolute Gasteiger partial charge is 0.155 e. The summed E-state index contributed by atoms with van der Waals surface area (Å²) in [6.07, 6.45) is 6.92. The second-order valence-electron chi connectivity index (χ2n) is 11.9. The van der Waals surface area contributed by atoms with Crippen LogP contribution in [0.3, 0.4) is 0 Å². The molecule has 3 rings (SSSR count). The van der Waals surface area contributed by atoms with E-state index in [1.807, 2.05) is 6.08 Å². The van der Waals surface area contributed by atoms with E-state index in [4.69, 9.17) is 0 Å². The first-order valence-corrected chi connectivity index (χ1v) is 14.0. The van der Waals surface area contributed by atoms with Gasteiger partial charge in [-0.2, -0.15) is 0 Å². The number of fused-ring (bicyclic) bond motifs is 3. The molecule has 0 radical (unpaired) electrons. The molecule has 0 heterocycles. The average molecular weight is 399 g/mol. The summed E-state index contributed by atoms with van der Waals surface area (Å²) in [4.78, 5) is 25.2. The van der Waals surface area contributed by atoms with Crippen LogP contribution in [0.1, 0.15) is 80.1 Å². The predicted octanol–water partition coefficient (Wildman–Crippen LogP) is 6.12. The minimum absolute atomic E-state index is 0.0894. The number of hydrogen-bond acceptors (Lipinski definition) is 2. The molecule has 0 aliphatic heterocycles. The number of Topliss-reactive ketones (excluding diaryl/α,β-unsaturated/α-hetero) is 1. The van der Waals surface area contributed by atoms with Gasteiger partial charge in [-0.1, -0.05) is 60.6 Å². The highest BCUT2D eigenvalue weighted by atomic mass is 28.3. The lowest BCUT2D eigenvalue weighted by atomic mass is 9.44. The van der Waals surface area contributed by atoms with E-state index < -0.39 is 8.07 Å². The largest absolute Gasteiger partial charge is 0.299 e. The molecule has 0 saturated heterocycles. The van der Waals surface area contributed by atoms with E-state index in [1.165, 1.54) is 5.57 Å². The zero-order valence-electron chi connectivity index (χ0n) is 19.2. The van der Waals surface area contributed by atoms with Crippen LogP contribution >= 0.6 is 0 Å². The summed E-state index contributed by atoms with van der Waals surface area (Å²) < 4.78 is 0. The molecule has 3 atom stereocenters. The first-order chi connectivity index (χ1) is 12.7. The minimum Gasteiger partial charge on any atom is -0.299 e. The van der Waals surface area contributed by atoms with Crippen molar-refractivity contribution in [3.63, 3.8) is 0 Å². The van der Waals surface area contributed by atoms with E-state index in [9.17, 15) is 9.59 Å². The Hall–Kier alpha value is -1.14. The number of allylic oxidation sites excluding steroid dienone is 2. The fourth-order valence-electron chi connectivity index (χ4n) is 5.72. The van der Waals surface area contributed by atoms with Crippen molar-refractivity contribution in [1.82, 2.24) is 0 Å². The Morgan fingerprint density at radius 3 is 2.29 bits per heavy atom. The molecule has 0 unspecified atom stereocenters. The van der Waals surface area contributed by atoms with Crippen LogP contribution in [0.4, 0.5) is 0 Å². The Morgan fingerprint density at radius 1 is 1.04 bits per heavy atom. The van der Waals surface area contributed by atoms with Crippen LogP contribution in [-0.2, 0) is 9.59 Å². The number of carbonyl (C=O) groups excluding carboxylic acids is 2. The van der Waals surface area contributed by atoms with Gasteiger partial charge in [-0.15, -0.1) is 5.54 Å². The molecule has 2 saturated carbocycles. The maximum Gasteiger partial charge on any atom is 0.155 e. The van der Waals surface area contributed by atoms with Gasteiger partial charge in [0.25, 0.3) is 0 Å². The highest BCUT2D eigenvalue weighted by Gasteiger charge is 2.59. The molecular weight excluding hydrogens is 360 g/mol. The maximum atomic E-state index is 12.7. The summed E-state index contributed by atoms with van der Waals surface area (Å²) in [6, 6.07) is 0. The molecule has 0 amide bonds. The first kappa shape index (κ1) is 21.6. The van der Waals surface area contributed by atoms with Crippen LogP contribution in [0.15, 0.2) is 11.6 Å². The summed E-state index contributed by atoms with van der Waals surface area (Å²) >= 11 is 0. The van der Waals surface area contributed by atoms with Gasteiger partial charge in [0.1, 0.15) is 13.9 Å². The van der Waals surface area contributed by atoms with Crippen molar-refractivity contribution in [1.29, 1.82) is 0 Å². The predicted molar refractivity (Wildman–Crippen MR) is 119 cm³/mol. The topological polar surface area (TPSA) is 34.1 Å². The van der Waals surface area contributed by atoms with E-state index in [0.717, 1.165) is 25.7 Å². The summed E-state index contributed by atoms with van der Waals surface area (Å²) in [5, 5.41) is 0.228. The van der Waals surface area contributed by atoms with Crippen LogP contribution in [0.5, 0.6) is 0 Å². The molecule has 0 spiro atoms. The zero-order valence-corrected chi connectivity index (χ0v) is 20.2. The molecule has 0 aromatic carbocycles. The fourth-order valence-corrected chi connectivity index (χ4v) is 6.65. The van der Waals surface area contributed by atoms with Gasteiger partial charge in [0.2, 0.25) is 0 Å². The molecule has 28 heavy (non-hydrogen) atoms. The molecule has 3 aliphatic rings. The van der Waals surface area contributed by atoms with Crippen LogP contribution in [-0.4, -0.2) is 19.6 Å². The lowest BCUT2D eigenvalue weighted by molar-refractivity contribution is -0.141. The van der Waals surface area contributed by atoms with Gasteiger partial charge in [-0.05, 0) is 53.7 Å². The number of carbonyl (C=O) groups is 2. The molecular formula is C25H38O2Si. The van der Waals surface area contributed by atoms with Gasteiger partial charge in [-0.25, -0.2) is 0 Å². The third kappa shape index (κ3) is 3.17. The minimum atomic E-state index is -1.72. The molecule has 2 nitrogen and oxygen atoms in total. The van der Waals surface area contributed by atoms with Crippen LogP contribution in [0, 0.1) is 33.6 Å². The second kappa shape index (κ2) is 6.43. The quantitative estimate of drug-likeness (QED) is 0.364. The highest BCUT2D eigenvalue weighted by molar-refractivity contribution is 6.87. The van der Waals surface area contributed by atoms with Gasteiger partial charge in [0.15, 0.2) is 5.78 Å². The molecule has 154 valence electrons. The lowest BCUT2D eigenvalue weighted by Gasteiger charge is -2.59. The first-order valence-electron chi connectivity index (χ1n) is 11.0. The standard InChI is InChI=1S/C25H38O2Si/c1-22(2,3)28(7,8)16-15-25-13-9-18(26)17-20(25)24(6)12-11-21(27)23(4,5)19(24)10-14-25/h17,19H,9-14H2,1-8H3/t19-,24-,25+/m0/s1. The zero-order chi connectivity index (χ0) is 21.2. The van der Waals surface area contributed by atoms with Crippen molar-refractivity contribution in [3.8, 4) is 11.5 Å². The maximum absolute atomic E-state index is 12.7. The van der Waals surface area contributed by atoms with Gasteiger partial charge in [-0.3, -0.25) is 9.59 Å². The van der Waals surface area contributed by atoms with E-state index in [0.29, 0.717) is 24.5 Å². The SMILES string of the molecule is CC1(C)C(=O)CC[C@]2(C)C3=CC(=O)CC[C@]3(C#C[Si](C)(C)C(C)(C)C)CC[C@@H]12. The van der Waals surface area contributed by atoms with Crippen LogP contribution in [0.25, 0.3) is 0 Å². The van der Waals surface area contributed by atoms with Crippen LogP contribution < -0.4 is 0 Å². The summed E-state index contributed by atoms with van der Waals surface area (Å²) in [5.41, 5.74) is 4.49. The molecule has 0 aromatic rings. The van der Waals surface area contributed by atoms with Gasteiger partial charge < -0.3 is 0 Å². The lowest BCUT2D eigenvalue weighted by Crippen LogP contribution is -2.55. The second-order valence-corrected chi connectivity index (χ2v) is 16.9. The Labute approximate surface area is 172 Å². The van der Waals surface area contributed by atoms with Crippen molar-refractivity contribution in [3.05, 3.63) is 11.6 Å². The third-order valence-corrected chi connectivity index (χ3v) is 13.3. The van der Waals surface area contributed by atoms with Crippen molar-refractivity contribution in [2.75, 3.05) is 0 Å². The molecule has 3 heteroatoms. The Morgan fingerprint density at radius 2 is 1.68 bits per heavy atom.